The van der Waals surface area contributed by atoms with Gasteiger partial charge in [-0.2, -0.15) is 4.37 Å². The van der Waals surface area contributed by atoms with E-state index in [2.05, 4.69) is 24.9 Å². The number of nitrogens with one attached hydrogen (secondary N) is 1. The second kappa shape index (κ2) is 3.77. The Morgan fingerprint density at radius 3 is 3.06 bits per heavy atom. The van der Waals surface area contributed by atoms with Gasteiger partial charge in [0, 0.05) is 19.4 Å². The molecule has 7 heteroatoms. The van der Waals surface area contributed by atoms with Gasteiger partial charge in [0.1, 0.15) is 5.00 Å². The van der Waals surface area contributed by atoms with Gasteiger partial charge in [-0.05, 0) is 18.5 Å². The molecule has 1 N–H and O–H groups in total. The molecule has 0 atom stereocenters. The largest absolute Gasteiger partial charge is 0.378 e. The summed E-state index contributed by atoms with van der Waals surface area (Å²) in [5.41, 5.74) is 2.68. The first-order valence-corrected chi connectivity index (χ1v) is 5.87. The molecule has 86 valence electrons. The van der Waals surface area contributed by atoms with E-state index >= 15 is 0 Å². The first-order valence-electron chi connectivity index (χ1n) is 5.10. The van der Waals surface area contributed by atoms with E-state index in [1.54, 1.807) is 12.4 Å². The summed E-state index contributed by atoms with van der Waals surface area (Å²) < 4.78 is 6.24. The minimum atomic E-state index is 0.732. The maximum Gasteiger partial charge on any atom is 0.179 e. The van der Waals surface area contributed by atoms with Crippen molar-refractivity contribution in [2.45, 2.75) is 6.92 Å². The van der Waals surface area contributed by atoms with Crippen molar-refractivity contribution in [2.75, 3.05) is 12.4 Å². The Bertz CT molecular complexity index is 670. The molecule has 3 aromatic rings. The molecule has 6 nitrogen and oxygen atoms in total. The highest BCUT2D eigenvalue weighted by atomic mass is 32.1. The summed E-state index contributed by atoms with van der Waals surface area (Å²) in [6.45, 7) is 1.97. The van der Waals surface area contributed by atoms with E-state index in [-0.39, 0.29) is 0 Å². The van der Waals surface area contributed by atoms with Gasteiger partial charge in [0.2, 0.25) is 0 Å². The fraction of sp³-hybridized carbons (Fsp3) is 0.200. The minimum Gasteiger partial charge on any atom is -0.378 e. The average molecular weight is 246 g/mol. The zero-order chi connectivity index (χ0) is 11.8. The lowest BCUT2D eigenvalue weighted by Crippen LogP contribution is -1.94. The van der Waals surface area contributed by atoms with Crippen LogP contribution >= 0.6 is 11.5 Å². The third kappa shape index (κ3) is 1.47. The van der Waals surface area contributed by atoms with E-state index in [0.29, 0.717) is 0 Å². The smallest absolute Gasteiger partial charge is 0.179 e. The van der Waals surface area contributed by atoms with E-state index in [1.165, 1.54) is 11.5 Å². The molecule has 0 fully saturated rings. The van der Waals surface area contributed by atoms with Gasteiger partial charge in [-0.3, -0.25) is 9.38 Å². The monoisotopic (exact) mass is 246 g/mol. The average Bonchev–Trinajstić information content (AvgIpc) is 2.92. The van der Waals surface area contributed by atoms with Crippen molar-refractivity contribution in [1.82, 2.24) is 24.0 Å². The van der Waals surface area contributed by atoms with Crippen LogP contribution in [0.5, 0.6) is 0 Å². The number of aromatic nitrogens is 5. The van der Waals surface area contributed by atoms with Crippen LogP contribution in [0.25, 0.3) is 17.0 Å². The lowest BCUT2D eigenvalue weighted by molar-refractivity contribution is 1.10. The van der Waals surface area contributed by atoms with Crippen LogP contribution in [0.4, 0.5) is 5.00 Å². The van der Waals surface area contributed by atoms with Crippen LogP contribution in [0.15, 0.2) is 18.6 Å². The molecule has 17 heavy (non-hydrogen) atoms. The topological polar surface area (TPSA) is 68.0 Å². The van der Waals surface area contributed by atoms with Crippen LogP contribution < -0.4 is 5.32 Å². The summed E-state index contributed by atoms with van der Waals surface area (Å²) in [6.07, 6.45) is 5.25. The molecule has 0 radical (unpaired) electrons. The molecule has 0 aromatic carbocycles. The van der Waals surface area contributed by atoms with Crippen LogP contribution in [0, 0.1) is 6.92 Å². The Morgan fingerprint density at radius 2 is 2.24 bits per heavy atom. The molecular formula is C10H10N6S. The van der Waals surface area contributed by atoms with Gasteiger partial charge < -0.3 is 5.32 Å². The highest BCUT2D eigenvalue weighted by Crippen LogP contribution is 2.33. The number of aryl methyl sites for hydroxylation is 1. The second-order valence-corrected chi connectivity index (χ2v) is 4.32. The third-order valence-electron chi connectivity index (χ3n) is 2.53. The maximum absolute atomic E-state index is 4.33. The highest BCUT2D eigenvalue weighted by molar-refractivity contribution is 7.10. The van der Waals surface area contributed by atoms with Gasteiger partial charge in [-0.15, -0.1) is 10.2 Å². The molecule has 3 rings (SSSR count). The zero-order valence-electron chi connectivity index (χ0n) is 9.38. The fourth-order valence-corrected chi connectivity index (χ4v) is 2.47. The van der Waals surface area contributed by atoms with Crippen molar-refractivity contribution in [3.05, 3.63) is 24.3 Å². The lowest BCUT2D eigenvalue weighted by Gasteiger charge is -2.01. The maximum atomic E-state index is 4.33. The van der Waals surface area contributed by atoms with Gasteiger partial charge in [0.15, 0.2) is 11.5 Å². The molecule has 0 saturated heterocycles. The van der Waals surface area contributed by atoms with E-state index in [4.69, 9.17) is 0 Å². The number of fused-ring (bicyclic) bond motifs is 1. The number of nitrogens with zero attached hydrogens (tertiary/aromatic N) is 5. The molecular weight excluding hydrogens is 236 g/mol. The molecule has 3 aromatic heterocycles. The number of anilines is 1. The fourth-order valence-electron chi connectivity index (χ4n) is 1.73. The van der Waals surface area contributed by atoms with Gasteiger partial charge in [0.25, 0.3) is 0 Å². The SMILES string of the molecule is CNc1snc(C)c1-c1nnc2cnccn12. The summed E-state index contributed by atoms with van der Waals surface area (Å²) >= 11 is 1.43. The summed E-state index contributed by atoms with van der Waals surface area (Å²) in [5, 5.41) is 12.4. The van der Waals surface area contributed by atoms with Gasteiger partial charge >= 0.3 is 0 Å². The molecule has 0 saturated carbocycles. The van der Waals surface area contributed by atoms with Crippen LogP contribution in [-0.4, -0.2) is 31.0 Å². The van der Waals surface area contributed by atoms with Crippen LogP contribution in [0.3, 0.4) is 0 Å². The first kappa shape index (κ1) is 10.2. The minimum absolute atomic E-state index is 0.732. The Hall–Kier alpha value is -2.02. The standard InChI is InChI=1S/C10H10N6S/c1-6-8(10(11-2)17-15-6)9-14-13-7-5-12-3-4-16(7)9/h3-5,11H,1-2H3. The molecule has 0 spiro atoms. The van der Waals surface area contributed by atoms with E-state index < -0.39 is 0 Å². The third-order valence-corrected chi connectivity index (χ3v) is 3.48. The van der Waals surface area contributed by atoms with Crippen molar-refractivity contribution < 1.29 is 0 Å². The molecule has 0 aliphatic carbocycles. The Morgan fingerprint density at radius 1 is 1.35 bits per heavy atom. The highest BCUT2D eigenvalue weighted by Gasteiger charge is 2.17. The summed E-state index contributed by atoms with van der Waals surface area (Å²) in [7, 11) is 1.88. The Balaban J connectivity index is 2.30. The Kier molecular flexibility index (Phi) is 2.25. The van der Waals surface area contributed by atoms with Crippen molar-refractivity contribution in [3.63, 3.8) is 0 Å². The van der Waals surface area contributed by atoms with Crippen LogP contribution in [0.1, 0.15) is 5.69 Å². The number of hydrogen-bond donors (Lipinski definition) is 1. The second-order valence-electron chi connectivity index (χ2n) is 3.55. The van der Waals surface area contributed by atoms with Crippen LogP contribution in [-0.2, 0) is 0 Å². The van der Waals surface area contributed by atoms with Crippen molar-refractivity contribution >= 4 is 22.2 Å². The van der Waals surface area contributed by atoms with E-state index in [9.17, 15) is 0 Å². The zero-order valence-corrected chi connectivity index (χ0v) is 10.2. The van der Waals surface area contributed by atoms with Gasteiger partial charge in [-0.25, -0.2) is 0 Å². The quantitative estimate of drug-likeness (QED) is 0.743. The van der Waals surface area contributed by atoms with Crippen molar-refractivity contribution in [1.29, 1.82) is 0 Å². The Labute approximate surface area is 102 Å². The predicted molar refractivity (Wildman–Crippen MR) is 66.2 cm³/mol. The molecule has 0 aliphatic rings. The molecule has 0 unspecified atom stereocenters. The van der Waals surface area contributed by atoms with Gasteiger partial charge in [0.05, 0.1) is 17.5 Å². The normalized spacial score (nSPS) is 10.9. The molecule has 0 bridgehead atoms. The lowest BCUT2D eigenvalue weighted by atomic mass is 10.2. The summed E-state index contributed by atoms with van der Waals surface area (Å²) in [5.74, 6) is 0.790. The number of rotatable bonds is 2. The summed E-state index contributed by atoms with van der Waals surface area (Å²) in [4.78, 5) is 4.02. The van der Waals surface area contributed by atoms with Crippen molar-refractivity contribution in [2.24, 2.45) is 0 Å². The van der Waals surface area contributed by atoms with E-state index in [1.807, 2.05) is 24.6 Å². The predicted octanol–water partition coefficient (Wildman–Crippen LogP) is 1.60. The van der Waals surface area contributed by atoms with Crippen LogP contribution in [0.2, 0.25) is 0 Å². The van der Waals surface area contributed by atoms with E-state index in [0.717, 1.165) is 27.7 Å². The number of hydrogen-bond acceptors (Lipinski definition) is 6. The van der Waals surface area contributed by atoms with Crippen molar-refractivity contribution in [3.8, 4) is 11.4 Å². The molecule has 3 heterocycles. The molecule has 0 aliphatic heterocycles. The van der Waals surface area contributed by atoms with Gasteiger partial charge in [-0.1, -0.05) is 0 Å². The summed E-state index contributed by atoms with van der Waals surface area (Å²) in [6, 6.07) is 0. The molecule has 0 amide bonds. The first-order chi connectivity index (χ1) is 8.31.